The van der Waals surface area contributed by atoms with Gasteiger partial charge in [0.05, 0.1) is 6.61 Å². The zero-order valence-electron chi connectivity index (χ0n) is 9.17. The predicted octanol–water partition coefficient (Wildman–Crippen LogP) is 0.707. The molecule has 0 bridgehead atoms. The number of hydrogen-bond donors (Lipinski definition) is 1. The fourth-order valence-corrected chi connectivity index (χ4v) is 2.55. The molecule has 0 spiro atoms. The summed E-state index contributed by atoms with van der Waals surface area (Å²) in [4.78, 5) is 2.59. The zero-order chi connectivity index (χ0) is 9.80. The number of nitrogens with one attached hydrogen (secondary N) is 1. The highest BCUT2D eigenvalue weighted by molar-refractivity contribution is 4.82. The monoisotopic (exact) mass is 198 g/mol. The number of likely N-dealkylation sites (tertiary alicyclic amines) is 1. The Morgan fingerprint density at radius 1 is 1.43 bits per heavy atom. The summed E-state index contributed by atoms with van der Waals surface area (Å²) in [6, 6.07) is 0.738. The van der Waals surface area contributed by atoms with Crippen molar-refractivity contribution in [2.45, 2.75) is 25.8 Å². The standard InChI is InChI=1S/C11H22N2O/c1-2-12-11-3-5-13(8-11)7-10-4-6-14-9-10/h10-12H,2-9H2,1H3. The molecule has 0 radical (unpaired) electrons. The van der Waals surface area contributed by atoms with Crippen molar-refractivity contribution in [3.8, 4) is 0 Å². The Kier molecular flexibility index (Phi) is 3.79. The van der Waals surface area contributed by atoms with Crippen molar-refractivity contribution in [3.63, 3.8) is 0 Å². The van der Waals surface area contributed by atoms with E-state index >= 15 is 0 Å². The van der Waals surface area contributed by atoms with Gasteiger partial charge in [-0.15, -0.1) is 0 Å². The van der Waals surface area contributed by atoms with Crippen LogP contribution in [0.2, 0.25) is 0 Å². The Labute approximate surface area is 86.8 Å². The molecule has 2 saturated heterocycles. The van der Waals surface area contributed by atoms with Crippen LogP contribution < -0.4 is 5.32 Å². The molecule has 2 aliphatic rings. The molecule has 2 atom stereocenters. The second-order valence-electron chi connectivity index (χ2n) is 4.53. The number of likely N-dealkylation sites (N-methyl/N-ethyl adjacent to an activating group) is 1. The topological polar surface area (TPSA) is 24.5 Å². The van der Waals surface area contributed by atoms with E-state index in [1.165, 1.54) is 32.5 Å². The van der Waals surface area contributed by atoms with Crippen LogP contribution in [0.4, 0.5) is 0 Å². The van der Waals surface area contributed by atoms with E-state index < -0.39 is 0 Å². The van der Waals surface area contributed by atoms with Crippen molar-refractivity contribution in [1.82, 2.24) is 10.2 Å². The van der Waals surface area contributed by atoms with Crippen LogP contribution in [0.3, 0.4) is 0 Å². The van der Waals surface area contributed by atoms with Crippen LogP contribution >= 0.6 is 0 Å². The quantitative estimate of drug-likeness (QED) is 0.720. The Balaban J connectivity index is 1.67. The largest absolute Gasteiger partial charge is 0.381 e. The first-order valence-corrected chi connectivity index (χ1v) is 5.92. The summed E-state index contributed by atoms with van der Waals surface area (Å²) in [5, 5.41) is 3.53. The van der Waals surface area contributed by atoms with Gasteiger partial charge in [0.15, 0.2) is 0 Å². The van der Waals surface area contributed by atoms with Crippen molar-refractivity contribution in [2.24, 2.45) is 5.92 Å². The zero-order valence-corrected chi connectivity index (χ0v) is 9.17. The van der Waals surface area contributed by atoms with Gasteiger partial charge in [0, 0.05) is 25.7 Å². The third kappa shape index (κ3) is 2.69. The van der Waals surface area contributed by atoms with Crippen LogP contribution in [-0.2, 0) is 4.74 Å². The molecule has 2 rings (SSSR count). The molecule has 0 aromatic rings. The lowest BCUT2D eigenvalue weighted by atomic mass is 10.1. The summed E-state index contributed by atoms with van der Waals surface area (Å²) in [5.74, 6) is 0.801. The lowest BCUT2D eigenvalue weighted by Gasteiger charge is -2.19. The summed E-state index contributed by atoms with van der Waals surface area (Å²) in [6.45, 7) is 9.02. The Hall–Kier alpha value is -0.120. The van der Waals surface area contributed by atoms with Gasteiger partial charge in [0.2, 0.25) is 0 Å². The molecule has 2 fully saturated rings. The van der Waals surface area contributed by atoms with Gasteiger partial charge >= 0.3 is 0 Å². The van der Waals surface area contributed by atoms with Crippen LogP contribution in [-0.4, -0.2) is 50.3 Å². The third-order valence-electron chi connectivity index (χ3n) is 3.31. The number of hydrogen-bond acceptors (Lipinski definition) is 3. The summed E-state index contributed by atoms with van der Waals surface area (Å²) in [6.07, 6.45) is 2.59. The van der Waals surface area contributed by atoms with Crippen molar-refractivity contribution in [1.29, 1.82) is 0 Å². The molecule has 2 unspecified atom stereocenters. The highest BCUT2D eigenvalue weighted by Crippen LogP contribution is 2.17. The normalized spacial score (nSPS) is 34.1. The average molecular weight is 198 g/mol. The fourth-order valence-electron chi connectivity index (χ4n) is 2.55. The van der Waals surface area contributed by atoms with E-state index in [-0.39, 0.29) is 0 Å². The molecule has 0 aliphatic carbocycles. The van der Waals surface area contributed by atoms with E-state index in [0.717, 1.165) is 31.7 Å². The Morgan fingerprint density at radius 3 is 3.07 bits per heavy atom. The van der Waals surface area contributed by atoms with Crippen LogP contribution in [0, 0.1) is 5.92 Å². The van der Waals surface area contributed by atoms with E-state index in [9.17, 15) is 0 Å². The highest BCUT2D eigenvalue weighted by atomic mass is 16.5. The Bertz CT molecular complexity index is 169. The second kappa shape index (κ2) is 5.10. The van der Waals surface area contributed by atoms with E-state index in [1.807, 2.05) is 0 Å². The summed E-state index contributed by atoms with van der Waals surface area (Å²) in [5.41, 5.74) is 0. The van der Waals surface area contributed by atoms with Gasteiger partial charge in [0.25, 0.3) is 0 Å². The maximum Gasteiger partial charge on any atom is 0.0507 e. The van der Waals surface area contributed by atoms with Gasteiger partial charge in [-0.2, -0.15) is 0 Å². The average Bonchev–Trinajstić information content (AvgIpc) is 2.79. The first kappa shape index (κ1) is 10.4. The molecule has 0 aromatic heterocycles. The summed E-state index contributed by atoms with van der Waals surface area (Å²) >= 11 is 0. The lowest BCUT2D eigenvalue weighted by Crippen LogP contribution is -2.34. The number of nitrogens with zero attached hydrogens (tertiary/aromatic N) is 1. The van der Waals surface area contributed by atoms with E-state index in [0.29, 0.717) is 0 Å². The first-order valence-electron chi connectivity index (χ1n) is 5.92. The molecule has 82 valence electrons. The first-order chi connectivity index (χ1) is 6.88. The molecule has 0 saturated carbocycles. The molecule has 1 N–H and O–H groups in total. The van der Waals surface area contributed by atoms with Gasteiger partial charge in [-0.25, -0.2) is 0 Å². The predicted molar refractivity (Wildman–Crippen MR) is 57.4 cm³/mol. The smallest absolute Gasteiger partial charge is 0.0507 e. The van der Waals surface area contributed by atoms with Gasteiger partial charge in [-0.3, -0.25) is 0 Å². The SMILES string of the molecule is CCNC1CCN(CC2CCOC2)C1. The van der Waals surface area contributed by atoms with Crippen molar-refractivity contribution in [2.75, 3.05) is 39.4 Å². The Morgan fingerprint density at radius 2 is 2.36 bits per heavy atom. The van der Waals surface area contributed by atoms with Crippen LogP contribution in [0.1, 0.15) is 19.8 Å². The van der Waals surface area contributed by atoms with Gasteiger partial charge in [-0.05, 0) is 31.8 Å². The summed E-state index contributed by atoms with van der Waals surface area (Å²) in [7, 11) is 0. The maximum absolute atomic E-state index is 5.40. The molecular formula is C11H22N2O. The molecule has 2 heterocycles. The molecular weight excluding hydrogens is 176 g/mol. The van der Waals surface area contributed by atoms with Crippen molar-refractivity contribution in [3.05, 3.63) is 0 Å². The molecule has 0 aromatic carbocycles. The third-order valence-corrected chi connectivity index (χ3v) is 3.31. The molecule has 3 heteroatoms. The van der Waals surface area contributed by atoms with Crippen LogP contribution in [0.15, 0.2) is 0 Å². The van der Waals surface area contributed by atoms with Crippen LogP contribution in [0.25, 0.3) is 0 Å². The molecule has 2 aliphatic heterocycles. The lowest BCUT2D eigenvalue weighted by molar-refractivity contribution is 0.173. The van der Waals surface area contributed by atoms with E-state index in [4.69, 9.17) is 4.74 Å². The number of rotatable bonds is 4. The summed E-state index contributed by atoms with van der Waals surface area (Å²) < 4.78 is 5.40. The minimum atomic E-state index is 0.738. The molecule has 14 heavy (non-hydrogen) atoms. The number of ether oxygens (including phenoxy) is 1. The maximum atomic E-state index is 5.40. The molecule has 0 amide bonds. The van der Waals surface area contributed by atoms with Crippen molar-refractivity contribution < 1.29 is 4.74 Å². The van der Waals surface area contributed by atoms with E-state index in [1.54, 1.807) is 0 Å². The van der Waals surface area contributed by atoms with E-state index in [2.05, 4.69) is 17.1 Å². The van der Waals surface area contributed by atoms with Gasteiger partial charge in [0.1, 0.15) is 0 Å². The van der Waals surface area contributed by atoms with Gasteiger partial charge < -0.3 is 15.0 Å². The van der Waals surface area contributed by atoms with Gasteiger partial charge in [-0.1, -0.05) is 6.92 Å². The minimum absolute atomic E-state index is 0.738. The second-order valence-corrected chi connectivity index (χ2v) is 4.53. The van der Waals surface area contributed by atoms with Crippen LogP contribution in [0.5, 0.6) is 0 Å². The van der Waals surface area contributed by atoms with Crippen molar-refractivity contribution >= 4 is 0 Å². The fraction of sp³-hybridized carbons (Fsp3) is 1.00. The molecule has 3 nitrogen and oxygen atoms in total. The highest BCUT2D eigenvalue weighted by Gasteiger charge is 2.25. The minimum Gasteiger partial charge on any atom is -0.381 e.